The van der Waals surface area contributed by atoms with E-state index >= 15 is 8.78 Å². The molecule has 13 nitrogen and oxygen atoms in total. The number of Topliss-reactive ketones (excluding diaryl/α,β-unsaturated/α-hetero) is 1. The van der Waals surface area contributed by atoms with Gasteiger partial charge in [0, 0.05) is 26.2 Å². The van der Waals surface area contributed by atoms with Gasteiger partial charge < -0.3 is 25.2 Å². The lowest BCUT2D eigenvalue weighted by molar-refractivity contribution is -0.165. The van der Waals surface area contributed by atoms with E-state index in [2.05, 4.69) is 10.3 Å². The van der Waals surface area contributed by atoms with Crippen molar-refractivity contribution < 1.29 is 59.1 Å². The summed E-state index contributed by atoms with van der Waals surface area (Å²) in [5, 5.41) is 1.69. The fourth-order valence-electron chi connectivity index (χ4n) is 6.46. The molecule has 3 aromatic rings. The van der Waals surface area contributed by atoms with E-state index in [9.17, 15) is 45.6 Å². The maximum absolute atomic E-state index is 15.1. The highest BCUT2D eigenvalue weighted by Gasteiger charge is 2.53. The number of amides is 4. The molecule has 0 unspecified atom stereocenters. The minimum absolute atomic E-state index is 0.0267. The van der Waals surface area contributed by atoms with Gasteiger partial charge in [0.1, 0.15) is 30.1 Å². The number of likely N-dealkylation sites (tertiary alicyclic amines) is 1. The number of benzene rings is 2. The lowest BCUT2D eigenvalue weighted by Crippen LogP contribution is -2.60. The molecular formula is C39H44F5N5O8S. The average molecular weight is 838 g/mol. The van der Waals surface area contributed by atoms with Gasteiger partial charge in [0.05, 0.1) is 24.2 Å². The number of rotatable bonds is 16. The maximum atomic E-state index is 15.1. The van der Waals surface area contributed by atoms with Crippen molar-refractivity contribution in [2.75, 3.05) is 27.2 Å². The fraction of sp³-hybridized carbons (Fsp3) is 0.436. The van der Waals surface area contributed by atoms with Crippen molar-refractivity contribution in [1.82, 2.24) is 25.4 Å². The molecule has 2 heterocycles. The number of methoxy groups -OCH3 is 1. The first-order valence-electron chi connectivity index (χ1n) is 18.0. The highest BCUT2D eigenvalue weighted by Crippen LogP contribution is 2.30. The zero-order valence-corrected chi connectivity index (χ0v) is 33.1. The monoisotopic (exact) mass is 837 g/mol. The van der Waals surface area contributed by atoms with Crippen molar-refractivity contribution in [2.45, 2.75) is 74.8 Å². The Morgan fingerprint density at radius 2 is 1.64 bits per heavy atom. The van der Waals surface area contributed by atoms with Gasteiger partial charge in [-0.3, -0.25) is 29.0 Å². The molecule has 0 saturated carbocycles. The number of sulfone groups is 1. The third-order valence-electron chi connectivity index (χ3n) is 9.64. The summed E-state index contributed by atoms with van der Waals surface area (Å²) in [7, 11) is -1.43. The number of aryl methyl sites for hydroxylation is 1. The number of hydrogen-bond donors (Lipinski definition) is 2. The highest BCUT2D eigenvalue weighted by atomic mass is 32.2. The molecule has 314 valence electrons. The molecular weight excluding hydrogens is 794 g/mol. The van der Waals surface area contributed by atoms with Crippen molar-refractivity contribution in [2.24, 2.45) is 5.92 Å². The van der Waals surface area contributed by atoms with Crippen LogP contribution in [0.15, 0.2) is 72.9 Å². The van der Waals surface area contributed by atoms with Crippen LogP contribution in [0.5, 0.6) is 5.75 Å². The molecule has 2 N–H and O–H groups in total. The third kappa shape index (κ3) is 11.1. The van der Waals surface area contributed by atoms with Gasteiger partial charge in [-0.1, -0.05) is 61.9 Å². The number of pyridine rings is 1. The second kappa shape index (κ2) is 18.4. The summed E-state index contributed by atoms with van der Waals surface area (Å²) >= 11 is 0. The Morgan fingerprint density at radius 1 is 0.966 bits per heavy atom. The van der Waals surface area contributed by atoms with E-state index in [0.717, 1.165) is 20.7 Å². The van der Waals surface area contributed by atoms with Crippen LogP contribution in [0.3, 0.4) is 0 Å². The Morgan fingerprint density at radius 3 is 2.21 bits per heavy atom. The average Bonchev–Trinajstić information content (AvgIpc) is 3.64. The number of carbonyl (C=O) groups is 5. The third-order valence-corrected chi connectivity index (χ3v) is 11.7. The molecule has 4 amide bonds. The van der Waals surface area contributed by atoms with Crippen molar-refractivity contribution >= 4 is 39.2 Å². The van der Waals surface area contributed by atoms with Crippen molar-refractivity contribution in [3.8, 4) is 5.75 Å². The smallest absolute Gasteiger partial charge is 0.405 e. The van der Waals surface area contributed by atoms with Crippen LogP contribution in [0, 0.1) is 12.8 Å². The summed E-state index contributed by atoms with van der Waals surface area (Å²) in [5.41, 5.74) is 1.74. The molecule has 0 spiro atoms. The molecule has 0 aliphatic carbocycles. The van der Waals surface area contributed by atoms with Gasteiger partial charge in [0.2, 0.25) is 17.6 Å². The number of aromatic nitrogens is 1. The first-order valence-corrected chi connectivity index (χ1v) is 19.7. The van der Waals surface area contributed by atoms with E-state index in [-0.39, 0.29) is 12.1 Å². The molecule has 0 radical (unpaired) electrons. The minimum atomic E-state index is -5.07. The largest absolute Gasteiger partial charge is 0.497 e. The summed E-state index contributed by atoms with van der Waals surface area (Å²) in [6.07, 6.45) is -4.38. The zero-order chi connectivity index (χ0) is 43.2. The van der Waals surface area contributed by atoms with E-state index < -0.39 is 106 Å². The van der Waals surface area contributed by atoms with Crippen LogP contribution in [-0.2, 0) is 41.2 Å². The van der Waals surface area contributed by atoms with Gasteiger partial charge in [-0.2, -0.15) is 22.0 Å². The molecule has 1 saturated heterocycles. The van der Waals surface area contributed by atoms with E-state index in [1.165, 1.54) is 64.5 Å². The number of ketones is 1. The first-order chi connectivity index (χ1) is 27.0. The molecule has 1 aliphatic heterocycles. The van der Waals surface area contributed by atoms with Gasteiger partial charge in [-0.25, -0.2) is 8.42 Å². The van der Waals surface area contributed by atoms with Gasteiger partial charge in [-0.05, 0) is 54.7 Å². The molecule has 0 bridgehead atoms. The summed E-state index contributed by atoms with van der Waals surface area (Å²) < 4.78 is 101. The second-order valence-corrected chi connectivity index (χ2v) is 16.6. The molecule has 1 fully saturated rings. The summed E-state index contributed by atoms with van der Waals surface area (Å²) in [5.74, 6) is -13.9. The van der Waals surface area contributed by atoms with Crippen LogP contribution in [0.1, 0.15) is 47.4 Å². The van der Waals surface area contributed by atoms with Gasteiger partial charge in [0.25, 0.3) is 11.8 Å². The topological polar surface area (TPSA) is 172 Å². The number of nitrogens with one attached hydrogen (secondary N) is 2. The van der Waals surface area contributed by atoms with E-state index in [0.29, 0.717) is 16.9 Å². The number of likely N-dealkylation sites (N-methyl/N-ethyl adjacent to an activating group) is 1. The van der Waals surface area contributed by atoms with E-state index in [4.69, 9.17) is 4.74 Å². The predicted molar refractivity (Wildman–Crippen MR) is 200 cm³/mol. The number of ether oxygens (including phenoxy) is 1. The van der Waals surface area contributed by atoms with Gasteiger partial charge >= 0.3 is 12.1 Å². The van der Waals surface area contributed by atoms with Crippen LogP contribution in [0.25, 0.3) is 0 Å². The maximum Gasteiger partial charge on any atom is 0.405 e. The van der Waals surface area contributed by atoms with Crippen LogP contribution >= 0.6 is 0 Å². The van der Waals surface area contributed by atoms with Crippen LogP contribution < -0.4 is 15.4 Å². The Hall–Kier alpha value is -5.46. The van der Waals surface area contributed by atoms with Crippen LogP contribution in [-0.4, -0.2) is 115 Å². The normalized spacial score (nSPS) is 17.0. The SMILES string of the molecule is COc1ccc(CS(=O)(=O)[C@@H]2C[C@@H](C(=O)N[C@H](C(=O)C(F)(F)C(=O)NCC(F)(F)F)C(C)C)N(C(=O)[C@H](Cc3cccc(C)c3)N(C)C(=O)c3ccccn3)C2)cc1. The molecule has 1 aromatic heterocycles. The van der Waals surface area contributed by atoms with Crippen LogP contribution in [0.2, 0.25) is 0 Å². The van der Waals surface area contributed by atoms with Crippen LogP contribution in [0.4, 0.5) is 22.0 Å². The lowest BCUT2D eigenvalue weighted by atomic mass is 9.94. The second-order valence-electron chi connectivity index (χ2n) is 14.3. The number of hydrogen-bond acceptors (Lipinski definition) is 9. The predicted octanol–water partition coefficient (Wildman–Crippen LogP) is 3.69. The first kappa shape index (κ1) is 45.2. The van der Waals surface area contributed by atoms with Gasteiger partial charge in [-0.15, -0.1) is 0 Å². The fourth-order valence-corrected chi connectivity index (χ4v) is 8.22. The lowest BCUT2D eigenvalue weighted by Gasteiger charge is -2.34. The number of halogens is 5. The Labute approximate surface area is 332 Å². The molecule has 2 aromatic carbocycles. The minimum Gasteiger partial charge on any atom is -0.497 e. The zero-order valence-electron chi connectivity index (χ0n) is 32.3. The van der Waals surface area contributed by atoms with Crippen molar-refractivity contribution in [3.63, 3.8) is 0 Å². The quantitative estimate of drug-likeness (QED) is 0.161. The summed E-state index contributed by atoms with van der Waals surface area (Å²) in [6, 6.07) is 12.4. The number of alkyl halides is 5. The van der Waals surface area contributed by atoms with Crippen molar-refractivity contribution in [3.05, 3.63) is 95.3 Å². The number of carbonyl (C=O) groups excluding carboxylic acids is 5. The van der Waals surface area contributed by atoms with Gasteiger partial charge in [0.15, 0.2) is 9.84 Å². The van der Waals surface area contributed by atoms with Crippen molar-refractivity contribution in [1.29, 1.82) is 0 Å². The highest BCUT2D eigenvalue weighted by molar-refractivity contribution is 7.91. The summed E-state index contributed by atoms with van der Waals surface area (Å²) in [4.78, 5) is 73.9. The molecule has 1 aliphatic rings. The van der Waals surface area contributed by atoms with E-state index in [1.807, 2.05) is 0 Å². The molecule has 58 heavy (non-hydrogen) atoms. The Bertz CT molecular complexity index is 2090. The Balaban J connectivity index is 1.73. The Kier molecular flexibility index (Phi) is 14.4. The standard InChI is InChI=1S/C39H44F5N5O8S/c1-23(2)32(33(50)39(43,44)37(54)46-22-38(40,41)42)47-34(51)30-19-28(58(55,56)21-25-12-14-27(57-5)15-13-25)20-49(30)36(53)31(18-26-10-8-9-24(3)17-26)48(4)35(52)29-11-6-7-16-45-29/h6-17,23,28,30-32H,18-22H2,1-5H3,(H,46,54)(H,47,51)/t28-,30+,31+,32+/m1/s1. The van der Waals surface area contributed by atoms with E-state index in [1.54, 1.807) is 43.3 Å². The molecule has 4 atom stereocenters. The molecule has 19 heteroatoms. The number of nitrogens with zero attached hydrogens (tertiary/aromatic N) is 3. The molecule has 4 rings (SSSR count). The summed E-state index contributed by atoms with van der Waals surface area (Å²) in [6.45, 7) is 1.52.